The van der Waals surface area contributed by atoms with Crippen LogP contribution in [0.15, 0.2) is 0 Å². The monoisotopic (exact) mass is 242 g/mol. The number of rotatable bonds is 7. The second kappa shape index (κ2) is 8.48. The summed E-state index contributed by atoms with van der Waals surface area (Å²) >= 11 is 0. The molecule has 1 unspecified atom stereocenters. The van der Waals surface area contributed by atoms with E-state index in [0.29, 0.717) is 13.2 Å². The van der Waals surface area contributed by atoms with E-state index in [-0.39, 0.29) is 5.91 Å². The van der Waals surface area contributed by atoms with Gasteiger partial charge in [-0.3, -0.25) is 4.79 Å². The van der Waals surface area contributed by atoms with E-state index in [4.69, 9.17) is 4.74 Å². The molecule has 0 spiro atoms. The Morgan fingerprint density at radius 1 is 1.53 bits per heavy atom. The predicted molar refractivity (Wildman–Crippen MR) is 69.0 cm³/mol. The minimum Gasteiger partial charge on any atom is -0.383 e. The molecule has 0 aromatic carbocycles. The Hall–Kier alpha value is -0.610. The largest absolute Gasteiger partial charge is 0.383 e. The maximum absolute atomic E-state index is 11.9. The molecule has 0 aromatic rings. The van der Waals surface area contributed by atoms with Crippen molar-refractivity contribution in [3.8, 4) is 0 Å². The van der Waals surface area contributed by atoms with E-state index in [9.17, 15) is 4.79 Å². The molecule has 1 amide bonds. The van der Waals surface area contributed by atoms with Gasteiger partial charge in [-0.1, -0.05) is 13.3 Å². The normalized spacial score (nSPS) is 20.6. The summed E-state index contributed by atoms with van der Waals surface area (Å²) in [7, 11) is 1.67. The summed E-state index contributed by atoms with van der Waals surface area (Å²) in [5.41, 5.74) is 0. The number of nitrogens with zero attached hydrogens (tertiary/aromatic N) is 1. The van der Waals surface area contributed by atoms with Crippen LogP contribution in [0.5, 0.6) is 0 Å². The molecule has 0 bridgehead atoms. The van der Waals surface area contributed by atoms with Crippen LogP contribution in [0.2, 0.25) is 0 Å². The van der Waals surface area contributed by atoms with Crippen LogP contribution in [0.25, 0.3) is 0 Å². The lowest BCUT2D eigenvalue weighted by molar-refractivity contribution is -0.132. The first-order valence-corrected chi connectivity index (χ1v) is 6.75. The Morgan fingerprint density at radius 2 is 2.35 bits per heavy atom. The first-order valence-electron chi connectivity index (χ1n) is 6.75. The van der Waals surface area contributed by atoms with Gasteiger partial charge in [0.15, 0.2) is 0 Å². The Labute approximate surface area is 105 Å². The van der Waals surface area contributed by atoms with Gasteiger partial charge < -0.3 is 15.0 Å². The molecule has 1 N–H and O–H groups in total. The van der Waals surface area contributed by atoms with Gasteiger partial charge in [-0.15, -0.1) is 0 Å². The molecule has 4 nitrogen and oxygen atoms in total. The highest BCUT2D eigenvalue weighted by Crippen LogP contribution is 2.20. The smallest absolute Gasteiger partial charge is 0.236 e. The molecule has 17 heavy (non-hydrogen) atoms. The molecular formula is C13H26N2O2. The fourth-order valence-electron chi connectivity index (χ4n) is 2.42. The van der Waals surface area contributed by atoms with E-state index in [1.807, 2.05) is 4.90 Å². The molecule has 1 aliphatic heterocycles. The molecule has 1 saturated heterocycles. The van der Waals surface area contributed by atoms with Gasteiger partial charge in [-0.2, -0.15) is 0 Å². The van der Waals surface area contributed by atoms with Crippen LogP contribution < -0.4 is 5.32 Å². The van der Waals surface area contributed by atoms with Crippen LogP contribution in [0, 0.1) is 5.92 Å². The van der Waals surface area contributed by atoms with E-state index in [2.05, 4.69) is 12.2 Å². The highest BCUT2D eigenvalue weighted by Gasteiger charge is 2.22. The van der Waals surface area contributed by atoms with Gasteiger partial charge in [0.05, 0.1) is 13.2 Å². The molecule has 0 radical (unpaired) electrons. The summed E-state index contributed by atoms with van der Waals surface area (Å²) in [6.07, 6.45) is 4.92. The number of amides is 1. The van der Waals surface area contributed by atoms with E-state index in [0.717, 1.165) is 32.0 Å². The molecule has 0 aliphatic carbocycles. The van der Waals surface area contributed by atoms with Crippen molar-refractivity contribution >= 4 is 5.91 Å². The lowest BCUT2D eigenvalue weighted by atomic mass is 9.94. The molecule has 1 heterocycles. The van der Waals surface area contributed by atoms with Crippen molar-refractivity contribution in [1.29, 1.82) is 0 Å². The zero-order valence-corrected chi connectivity index (χ0v) is 11.2. The van der Waals surface area contributed by atoms with Crippen molar-refractivity contribution in [2.45, 2.75) is 32.6 Å². The van der Waals surface area contributed by atoms with E-state index in [1.54, 1.807) is 7.11 Å². The Kier molecular flexibility index (Phi) is 7.21. The number of methoxy groups -OCH3 is 1. The molecule has 100 valence electrons. The lowest BCUT2D eigenvalue weighted by Gasteiger charge is -2.32. The standard InChI is InChI=1S/C13H26N2O2/c1-3-5-12-6-4-8-15(11-12)13(16)10-14-7-9-17-2/h12,14H,3-11H2,1-2H3. The van der Waals surface area contributed by atoms with Crippen LogP contribution in [-0.2, 0) is 9.53 Å². The Morgan fingerprint density at radius 3 is 3.06 bits per heavy atom. The maximum atomic E-state index is 11.9. The van der Waals surface area contributed by atoms with Gasteiger partial charge >= 0.3 is 0 Å². The van der Waals surface area contributed by atoms with Gasteiger partial charge in [0.1, 0.15) is 0 Å². The minimum atomic E-state index is 0.238. The first-order chi connectivity index (χ1) is 8.27. The van der Waals surface area contributed by atoms with E-state index >= 15 is 0 Å². The van der Waals surface area contributed by atoms with Crippen LogP contribution >= 0.6 is 0 Å². The highest BCUT2D eigenvalue weighted by atomic mass is 16.5. The number of nitrogens with one attached hydrogen (secondary N) is 1. The second-order valence-corrected chi connectivity index (χ2v) is 4.81. The average Bonchev–Trinajstić information content (AvgIpc) is 2.35. The molecule has 4 heteroatoms. The van der Waals surface area contributed by atoms with Gasteiger partial charge in [0.2, 0.25) is 5.91 Å². The number of ether oxygens (including phenoxy) is 1. The van der Waals surface area contributed by atoms with Crippen LogP contribution in [0.4, 0.5) is 0 Å². The van der Waals surface area contributed by atoms with Crippen molar-refractivity contribution in [2.75, 3.05) is 39.9 Å². The van der Waals surface area contributed by atoms with Crippen molar-refractivity contribution in [3.05, 3.63) is 0 Å². The molecule has 1 fully saturated rings. The van der Waals surface area contributed by atoms with Gasteiger partial charge in [-0.05, 0) is 25.2 Å². The molecule has 0 saturated carbocycles. The number of carbonyl (C=O) groups excluding carboxylic acids is 1. The Bertz CT molecular complexity index is 219. The zero-order chi connectivity index (χ0) is 12.5. The molecular weight excluding hydrogens is 216 g/mol. The van der Waals surface area contributed by atoms with Crippen LogP contribution in [0.1, 0.15) is 32.6 Å². The minimum absolute atomic E-state index is 0.238. The topological polar surface area (TPSA) is 41.6 Å². The van der Waals surface area contributed by atoms with Gasteiger partial charge in [0, 0.05) is 26.7 Å². The number of piperidine rings is 1. The summed E-state index contributed by atoms with van der Waals surface area (Å²) in [6, 6.07) is 0. The highest BCUT2D eigenvalue weighted by molar-refractivity contribution is 5.78. The molecule has 1 aliphatic rings. The summed E-state index contributed by atoms with van der Waals surface area (Å²) in [4.78, 5) is 14.0. The van der Waals surface area contributed by atoms with Crippen molar-refractivity contribution in [1.82, 2.24) is 10.2 Å². The third-order valence-electron chi connectivity index (χ3n) is 3.33. The molecule has 1 rings (SSSR count). The second-order valence-electron chi connectivity index (χ2n) is 4.81. The summed E-state index contributed by atoms with van der Waals surface area (Å²) < 4.78 is 4.93. The number of hydrogen-bond acceptors (Lipinski definition) is 3. The van der Waals surface area contributed by atoms with Gasteiger partial charge in [-0.25, -0.2) is 0 Å². The van der Waals surface area contributed by atoms with Crippen molar-refractivity contribution in [3.63, 3.8) is 0 Å². The molecule has 0 aromatic heterocycles. The number of likely N-dealkylation sites (tertiary alicyclic amines) is 1. The van der Waals surface area contributed by atoms with Gasteiger partial charge in [0.25, 0.3) is 0 Å². The number of carbonyl (C=O) groups is 1. The third-order valence-corrected chi connectivity index (χ3v) is 3.33. The zero-order valence-electron chi connectivity index (χ0n) is 11.2. The third kappa shape index (κ3) is 5.50. The van der Waals surface area contributed by atoms with Crippen LogP contribution in [0.3, 0.4) is 0 Å². The lowest BCUT2D eigenvalue weighted by Crippen LogP contribution is -2.44. The maximum Gasteiger partial charge on any atom is 0.236 e. The SMILES string of the molecule is CCCC1CCCN(C(=O)CNCCOC)C1. The quantitative estimate of drug-likeness (QED) is 0.683. The summed E-state index contributed by atoms with van der Waals surface area (Å²) in [5.74, 6) is 0.957. The van der Waals surface area contributed by atoms with Crippen molar-refractivity contribution in [2.24, 2.45) is 5.92 Å². The number of hydrogen-bond donors (Lipinski definition) is 1. The Balaban J connectivity index is 2.21. The van der Waals surface area contributed by atoms with Crippen molar-refractivity contribution < 1.29 is 9.53 Å². The van der Waals surface area contributed by atoms with Crippen LogP contribution in [-0.4, -0.2) is 50.7 Å². The first kappa shape index (κ1) is 14.5. The predicted octanol–water partition coefficient (Wildman–Crippen LogP) is 1.26. The average molecular weight is 242 g/mol. The van der Waals surface area contributed by atoms with E-state index in [1.165, 1.54) is 19.3 Å². The molecule has 1 atom stereocenters. The fraction of sp³-hybridized carbons (Fsp3) is 0.923. The summed E-state index contributed by atoms with van der Waals surface area (Å²) in [6.45, 7) is 5.96. The van der Waals surface area contributed by atoms with E-state index < -0.39 is 0 Å². The summed E-state index contributed by atoms with van der Waals surface area (Å²) in [5, 5.41) is 3.11. The fourth-order valence-corrected chi connectivity index (χ4v) is 2.42.